The van der Waals surface area contributed by atoms with E-state index in [1.807, 2.05) is 34.6 Å². The summed E-state index contributed by atoms with van der Waals surface area (Å²) in [4.78, 5) is 12.3. The lowest BCUT2D eigenvalue weighted by Gasteiger charge is -2.57. The number of rotatable bonds is 7. The molecule has 0 saturated heterocycles. The predicted molar refractivity (Wildman–Crippen MR) is 86.4 cm³/mol. The minimum absolute atomic E-state index is 0. The van der Waals surface area contributed by atoms with Gasteiger partial charge < -0.3 is 20.9 Å². The summed E-state index contributed by atoms with van der Waals surface area (Å²) in [6.07, 6.45) is 0.892. The van der Waals surface area contributed by atoms with Crippen LogP contribution in [-0.4, -0.2) is 41.9 Å². The van der Waals surface area contributed by atoms with Crippen LogP contribution >= 0.6 is 12.4 Å². The second-order valence-electron chi connectivity index (χ2n) is 6.50. The predicted octanol–water partition coefficient (Wildman–Crippen LogP) is 1.46. The van der Waals surface area contributed by atoms with Gasteiger partial charge in [0.25, 0.3) is 0 Å². The molecule has 0 aromatic carbocycles. The van der Waals surface area contributed by atoms with Crippen molar-refractivity contribution in [1.82, 2.24) is 5.32 Å². The Labute approximate surface area is 134 Å². The van der Waals surface area contributed by atoms with Crippen LogP contribution < -0.4 is 11.1 Å². The molecule has 1 fully saturated rings. The molecule has 4 unspecified atom stereocenters. The van der Waals surface area contributed by atoms with Crippen molar-refractivity contribution in [2.24, 2.45) is 17.1 Å². The number of hydrogen-bond acceptors (Lipinski definition) is 4. The summed E-state index contributed by atoms with van der Waals surface area (Å²) >= 11 is 0. The molecule has 1 rings (SSSR count). The van der Waals surface area contributed by atoms with Crippen molar-refractivity contribution in [2.45, 2.75) is 65.2 Å². The summed E-state index contributed by atoms with van der Waals surface area (Å²) in [5, 5.41) is 12.7. The van der Waals surface area contributed by atoms with Gasteiger partial charge in [-0.25, -0.2) is 0 Å². The number of aliphatic hydroxyl groups is 1. The first-order chi connectivity index (χ1) is 9.20. The van der Waals surface area contributed by atoms with E-state index in [0.717, 1.165) is 6.42 Å². The van der Waals surface area contributed by atoms with Crippen LogP contribution in [0.3, 0.4) is 0 Å². The van der Waals surface area contributed by atoms with Gasteiger partial charge in [-0.2, -0.15) is 0 Å². The molecule has 0 radical (unpaired) electrons. The first-order valence-electron chi connectivity index (χ1n) is 7.57. The summed E-state index contributed by atoms with van der Waals surface area (Å²) in [6.45, 7) is 10.7. The number of carbonyl (C=O) groups excluding carboxylic acids is 1. The molecule has 0 heterocycles. The van der Waals surface area contributed by atoms with Gasteiger partial charge in [0.05, 0.1) is 12.2 Å². The van der Waals surface area contributed by atoms with E-state index in [9.17, 15) is 9.90 Å². The molecule has 1 saturated carbocycles. The Bertz CT molecular complexity index is 352. The Morgan fingerprint density at radius 1 is 1.48 bits per heavy atom. The van der Waals surface area contributed by atoms with Crippen LogP contribution in [0.2, 0.25) is 0 Å². The molecule has 1 aliphatic carbocycles. The van der Waals surface area contributed by atoms with E-state index in [2.05, 4.69) is 5.32 Å². The monoisotopic (exact) mass is 322 g/mol. The zero-order chi connectivity index (χ0) is 15.6. The van der Waals surface area contributed by atoms with Crippen molar-refractivity contribution < 1.29 is 14.6 Å². The first-order valence-corrected chi connectivity index (χ1v) is 7.57. The van der Waals surface area contributed by atoms with Gasteiger partial charge in [0, 0.05) is 25.0 Å². The van der Waals surface area contributed by atoms with Crippen LogP contribution in [0.5, 0.6) is 0 Å². The van der Waals surface area contributed by atoms with Crippen molar-refractivity contribution in [3.8, 4) is 0 Å². The van der Waals surface area contributed by atoms with Crippen molar-refractivity contribution >= 4 is 18.3 Å². The fraction of sp³-hybridized carbons (Fsp3) is 0.933. The Morgan fingerprint density at radius 2 is 2.05 bits per heavy atom. The third-order valence-electron chi connectivity index (χ3n) is 5.01. The quantitative estimate of drug-likeness (QED) is 0.662. The molecule has 6 heteroatoms. The van der Waals surface area contributed by atoms with Crippen LogP contribution in [0.15, 0.2) is 0 Å². The highest BCUT2D eigenvalue weighted by Crippen LogP contribution is 2.49. The summed E-state index contributed by atoms with van der Waals surface area (Å²) in [5.41, 5.74) is 4.96. The van der Waals surface area contributed by atoms with Crippen molar-refractivity contribution in [1.29, 1.82) is 0 Å². The molecule has 21 heavy (non-hydrogen) atoms. The van der Waals surface area contributed by atoms with Gasteiger partial charge in [-0.3, -0.25) is 4.79 Å². The van der Waals surface area contributed by atoms with Gasteiger partial charge in [0.15, 0.2) is 0 Å². The third kappa shape index (κ3) is 3.89. The third-order valence-corrected chi connectivity index (χ3v) is 5.01. The molecule has 1 amide bonds. The highest BCUT2D eigenvalue weighted by molar-refractivity contribution is 5.88. The fourth-order valence-electron chi connectivity index (χ4n) is 2.65. The molecule has 4 N–H and O–H groups in total. The summed E-state index contributed by atoms with van der Waals surface area (Å²) in [6, 6.07) is 0. The second-order valence-corrected chi connectivity index (χ2v) is 6.50. The fourth-order valence-corrected chi connectivity index (χ4v) is 2.65. The second kappa shape index (κ2) is 7.77. The van der Waals surface area contributed by atoms with Gasteiger partial charge >= 0.3 is 0 Å². The maximum Gasteiger partial charge on any atom is 0.240 e. The van der Waals surface area contributed by atoms with Gasteiger partial charge in [-0.05, 0) is 12.8 Å². The van der Waals surface area contributed by atoms with Gasteiger partial charge in [0.1, 0.15) is 5.54 Å². The van der Waals surface area contributed by atoms with Crippen molar-refractivity contribution in [3.63, 3.8) is 0 Å². The molecule has 126 valence electrons. The Balaban J connectivity index is 0.00000400. The molecule has 0 aromatic heterocycles. The lowest BCUT2D eigenvalue weighted by atomic mass is 9.54. The minimum atomic E-state index is -0.915. The number of carbonyl (C=O) groups is 1. The molecule has 0 aromatic rings. The number of ether oxygens (including phenoxy) is 1. The standard InChI is InChI=1S/C15H30N2O3.ClH/c1-6-10(3)11(18)9-17-13(19)15(16)8-12(20-7-2)14(15,4)5;/h10-12,18H,6-9,16H2,1-5H3,(H,17,19);1H. The van der Waals surface area contributed by atoms with E-state index < -0.39 is 17.1 Å². The Hall–Kier alpha value is -0.360. The molecule has 0 aliphatic heterocycles. The Morgan fingerprint density at radius 3 is 2.48 bits per heavy atom. The molecule has 5 nitrogen and oxygen atoms in total. The van der Waals surface area contributed by atoms with E-state index in [-0.39, 0.29) is 36.9 Å². The summed E-state index contributed by atoms with van der Waals surface area (Å²) in [5.74, 6) is -0.0320. The zero-order valence-electron chi connectivity index (χ0n) is 13.8. The van der Waals surface area contributed by atoms with E-state index in [1.165, 1.54) is 0 Å². The highest BCUT2D eigenvalue weighted by atomic mass is 35.5. The lowest BCUT2D eigenvalue weighted by molar-refractivity contribution is -0.171. The number of hydrogen-bond donors (Lipinski definition) is 3. The largest absolute Gasteiger partial charge is 0.391 e. The minimum Gasteiger partial charge on any atom is -0.391 e. The van der Waals surface area contributed by atoms with Crippen molar-refractivity contribution in [3.05, 3.63) is 0 Å². The van der Waals surface area contributed by atoms with Crippen LogP contribution in [0.25, 0.3) is 0 Å². The van der Waals surface area contributed by atoms with Crippen molar-refractivity contribution in [2.75, 3.05) is 13.2 Å². The summed E-state index contributed by atoms with van der Waals surface area (Å²) in [7, 11) is 0. The van der Waals surface area contributed by atoms with Crippen LogP contribution in [0, 0.1) is 11.3 Å². The zero-order valence-corrected chi connectivity index (χ0v) is 14.6. The lowest BCUT2D eigenvalue weighted by Crippen LogP contribution is -2.76. The van der Waals surface area contributed by atoms with E-state index in [1.54, 1.807) is 0 Å². The maximum absolute atomic E-state index is 12.3. The van der Waals surface area contributed by atoms with Gasteiger partial charge in [-0.1, -0.05) is 34.1 Å². The number of halogens is 1. The Kier molecular flexibility index (Phi) is 7.63. The normalized spacial score (nSPS) is 29.8. The summed E-state index contributed by atoms with van der Waals surface area (Å²) < 4.78 is 5.61. The number of amides is 1. The SMILES string of the molecule is CCOC1CC(N)(C(=O)NCC(O)C(C)CC)C1(C)C.Cl. The van der Waals surface area contributed by atoms with Crippen LogP contribution in [-0.2, 0) is 9.53 Å². The number of nitrogens with two attached hydrogens (primary N) is 1. The van der Waals surface area contributed by atoms with E-state index in [4.69, 9.17) is 10.5 Å². The first kappa shape index (κ1) is 20.6. The number of aliphatic hydroxyl groups excluding tert-OH is 1. The molecule has 0 spiro atoms. The molecule has 0 bridgehead atoms. The highest BCUT2D eigenvalue weighted by Gasteiger charge is 2.62. The van der Waals surface area contributed by atoms with Crippen LogP contribution in [0.1, 0.15) is 47.5 Å². The molecular formula is C15H31ClN2O3. The molecule has 1 aliphatic rings. The molecular weight excluding hydrogens is 292 g/mol. The molecule has 4 atom stereocenters. The van der Waals surface area contributed by atoms with E-state index in [0.29, 0.717) is 13.0 Å². The van der Waals surface area contributed by atoms with Gasteiger partial charge in [-0.15, -0.1) is 12.4 Å². The number of nitrogens with one attached hydrogen (secondary N) is 1. The smallest absolute Gasteiger partial charge is 0.240 e. The van der Waals surface area contributed by atoms with Gasteiger partial charge in [0.2, 0.25) is 5.91 Å². The van der Waals surface area contributed by atoms with E-state index >= 15 is 0 Å². The topological polar surface area (TPSA) is 84.6 Å². The van der Waals surface area contributed by atoms with Crippen LogP contribution in [0.4, 0.5) is 0 Å². The average Bonchev–Trinajstić information content (AvgIpc) is 2.42. The maximum atomic E-state index is 12.3. The average molecular weight is 323 g/mol.